The molecule has 9 rings (SSSR count). The summed E-state index contributed by atoms with van der Waals surface area (Å²) >= 11 is 2.07. The molecule has 6 aromatic rings. The number of nitrogens with zero attached hydrogens (tertiary/aromatic N) is 1. The molecule has 0 spiro atoms. The van der Waals surface area contributed by atoms with Crippen molar-refractivity contribution in [3.05, 3.63) is 142 Å². The molecule has 1 nitrogen and oxygen atoms in total. The van der Waals surface area contributed by atoms with Crippen molar-refractivity contribution in [2.24, 2.45) is 0 Å². The van der Waals surface area contributed by atoms with E-state index in [1.165, 1.54) is 94.6 Å². The number of fused-ring (bicyclic) bond motifs is 7. The molecule has 0 N–H and O–H groups in total. The average molecular weight is 712 g/mol. The van der Waals surface area contributed by atoms with Gasteiger partial charge >= 0.3 is 0 Å². The summed E-state index contributed by atoms with van der Waals surface area (Å²) in [6.07, 6.45) is 3.47. The summed E-state index contributed by atoms with van der Waals surface area (Å²) in [6.45, 7) is 24.3. The third-order valence-electron chi connectivity index (χ3n) is 13.6. The summed E-state index contributed by atoms with van der Waals surface area (Å²) in [7, 11) is 0. The van der Waals surface area contributed by atoms with Gasteiger partial charge in [0.1, 0.15) is 0 Å². The lowest BCUT2D eigenvalue weighted by Gasteiger charge is -2.42. The highest BCUT2D eigenvalue weighted by molar-refractivity contribution is 7.33. The zero-order valence-corrected chi connectivity index (χ0v) is 34.3. The Labute approximate surface area is 322 Å². The largest absolute Gasteiger partial charge is 0.310 e. The molecular formula is C50H54BNS. The Hall–Kier alpha value is -4.08. The van der Waals surface area contributed by atoms with Gasteiger partial charge in [-0.2, -0.15) is 0 Å². The van der Waals surface area contributed by atoms with Crippen molar-refractivity contribution in [1.29, 1.82) is 0 Å². The van der Waals surface area contributed by atoms with Crippen molar-refractivity contribution in [2.75, 3.05) is 4.90 Å². The van der Waals surface area contributed by atoms with Crippen LogP contribution in [0.4, 0.5) is 17.1 Å². The maximum Gasteiger partial charge on any atom is 0.260 e. The first-order valence-corrected chi connectivity index (χ1v) is 20.8. The highest BCUT2D eigenvalue weighted by Gasteiger charge is 2.46. The van der Waals surface area contributed by atoms with E-state index in [1.54, 1.807) is 5.56 Å². The van der Waals surface area contributed by atoms with Crippen LogP contribution < -0.4 is 20.6 Å². The number of hydrogen-bond acceptors (Lipinski definition) is 2. The Morgan fingerprint density at radius 1 is 0.755 bits per heavy atom. The molecule has 2 atom stereocenters. The summed E-state index contributed by atoms with van der Waals surface area (Å²) in [5.41, 5.74) is 19.2. The van der Waals surface area contributed by atoms with Crippen LogP contribution in [0.5, 0.6) is 0 Å². The van der Waals surface area contributed by atoms with Gasteiger partial charge in [0.25, 0.3) is 6.71 Å². The quantitative estimate of drug-likeness (QED) is 0.165. The van der Waals surface area contributed by atoms with Crippen molar-refractivity contribution in [3.8, 4) is 0 Å². The molecule has 2 aliphatic heterocycles. The zero-order chi connectivity index (χ0) is 37.2. The summed E-state index contributed by atoms with van der Waals surface area (Å²) in [5, 5.41) is 1.41. The fourth-order valence-electron chi connectivity index (χ4n) is 10.3. The van der Waals surface area contributed by atoms with Crippen LogP contribution in [0.3, 0.4) is 0 Å². The monoisotopic (exact) mass is 711 g/mol. The maximum atomic E-state index is 2.64. The molecule has 0 fully saturated rings. The number of thiophene rings is 1. The number of rotatable bonds is 3. The molecular weight excluding hydrogens is 657 g/mol. The van der Waals surface area contributed by atoms with Crippen molar-refractivity contribution in [1.82, 2.24) is 0 Å². The fourth-order valence-corrected chi connectivity index (χ4v) is 11.6. The van der Waals surface area contributed by atoms with Gasteiger partial charge in [-0.15, -0.1) is 11.3 Å². The topological polar surface area (TPSA) is 3.24 Å². The predicted molar refractivity (Wildman–Crippen MR) is 232 cm³/mol. The Kier molecular flexibility index (Phi) is 7.83. The molecule has 5 aromatic carbocycles. The normalized spacial score (nSPS) is 19.7. The summed E-state index contributed by atoms with van der Waals surface area (Å²) in [4.78, 5) is 2.64. The lowest BCUT2D eigenvalue weighted by Crippen LogP contribution is -2.57. The first-order chi connectivity index (χ1) is 25.2. The molecule has 0 saturated carbocycles. The van der Waals surface area contributed by atoms with Gasteiger partial charge in [0, 0.05) is 26.2 Å². The smallest absolute Gasteiger partial charge is 0.260 e. The van der Waals surface area contributed by atoms with E-state index in [0.717, 1.165) is 6.42 Å². The zero-order valence-electron chi connectivity index (χ0n) is 33.4. The highest BCUT2D eigenvalue weighted by Crippen LogP contribution is 2.52. The number of para-hydroxylation sites is 1. The molecule has 0 amide bonds. The van der Waals surface area contributed by atoms with Crippen LogP contribution in [0, 0.1) is 13.8 Å². The minimum atomic E-state index is 0.0430. The van der Waals surface area contributed by atoms with Crippen LogP contribution in [0.2, 0.25) is 0 Å². The third kappa shape index (κ3) is 5.31. The molecule has 0 radical (unpaired) electrons. The fraction of sp³-hybridized carbons (Fsp3) is 0.360. The Balaban J connectivity index is 1.40. The maximum absolute atomic E-state index is 2.64. The molecule has 1 aromatic heterocycles. The minimum absolute atomic E-state index is 0.0430. The van der Waals surface area contributed by atoms with Gasteiger partial charge in [0.15, 0.2) is 0 Å². The molecule has 1 aliphatic carbocycles. The molecule has 0 saturated heterocycles. The van der Waals surface area contributed by atoms with Crippen LogP contribution in [0.15, 0.2) is 97.1 Å². The SMILES string of the molecule is Cc1cccc(C)c1CC1c2ccc(C(C)(C)C)cc2B2c3sc4cc5c(cc4c3N(c3ccccc3)c3cccc(c32)C1C)C(C)(C)CCC5(C)C. The Morgan fingerprint density at radius 2 is 1.42 bits per heavy atom. The molecule has 268 valence electrons. The van der Waals surface area contributed by atoms with E-state index in [1.807, 2.05) is 0 Å². The average Bonchev–Trinajstić information content (AvgIpc) is 3.45. The molecule has 3 heteroatoms. The van der Waals surface area contributed by atoms with E-state index in [0.29, 0.717) is 11.8 Å². The Bertz CT molecular complexity index is 2400. The minimum Gasteiger partial charge on any atom is -0.310 e. The van der Waals surface area contributed by atoms with Gasteiger partial charge in [-0.05, 0) is 141 Å². The number of benzene rings is 5. The van der Waals surface area contributed by atoms with E-state index in [4.69, 9.17) is 0 Å². The van der Waals surface area contributed by atoms with E-state index >= 15 is 0 Å². The van der Waals surface area contributed by atoms with Gasteiger partial charge in [-0.3, -0.25) is 0 Å². The first kappa shape index (κ1) is 34.7. The lowest BCUT2D eigenvalue weighted by molar-refractivity contribution is 0.332. The van der Waals surface area contributed by atoms with E-state index < -0.39 is 0 Å². The van der Waals surface area contributed by atoms with Crippen molar-refractivity contribution < 1.29 is 0 Å². The second kappa shape index (κ2) is 12.0. The van der Waals surface area contributed by atoms with Crippen molar-refractivity contribution in [3.63, 3.8) is 0 Å². The van der Waals surface area contributed by atoms with Crippen LogP contribution in [0.25, 0.3) is 10.1 Å². The van der Waals surface area contributed by atoms with Crippen LogP contribution >= 0.6 is 11.3 Å². The van der Waals surface area contributed by atoms with Gasteiger partial charge in [-0.25, -0.2) is 0 Å². The molecule has 53 heavy (non-hydrogen) atoms. The first-order valence-electron chi connectivity index (χ1n) is 19.9. The second-order valence-electron chi connectivity index (χ2n) is 18.9. The summed E-state index contributed by atoms with van der Waals surface area (Å²) in [6, 6.07) is 38.1. The second-order valence-corrected chi connectivity index (χ2v) is 20.0. The van der Waals surface area contributed by atoms with Crippen molar-refractivity contribution >= 4 is 60.9 Å². The molecule has 0 bridgehead atoms. The summed E-state index contributed by atoms with van der Waals surface area (Å²) < 4.78 is 2.92. The highest BCUT2D eigenvalue weighted by atomic mass is 32.1. The Morgan fingerprint density at radius 3 is 2.09 bits per heavy atom. The van der Waals surface area contributed by atoms with Gasteiger partial charge in [-0.1, -0.05) is 128 Å². The predicted octanol–water partition coefficient (Wildman–Crippen LogP) is 11.9. The summed E-state index contributed by atoms with van der Waals surface area (Å²) in [5.74, 6) is 0.698. The number of hydrogen-bond donors (Lipinski definition) is 0. The number of aryl methyl sites for hydroxylation is 2. The van der Waals surface area contributed by atoms with Gasteiger partial charge < -0.3 is 4.90 Å². The van der Waals surface area contributed by atoms with Gasteiger partial charge in [0.2, 0.25) is 0 Å². The standard InChI is InChI=1S/C50H54BNS/c1-30-16-14-17-31(2)37(30)27-38-32(3)35-20-15-21-43-45(35)51(42-26-33(48(4,5)6)22-23-36(38)42)47-46(52(43)34-18-12-11-13-19-34)39-28-40-41(29-44(39)53-47)50(9,10)25-24-49(40,7)8/h11-23,26,28-29,32,38H,24-25,27H2,1-10H3. The molecule has 3 aliphatic rings. The van der Waals surface area contributed by atoms with Crippen LogP contribution in [0.1, 0.15) is 125 Å². The van der Waals surface area contributed by atoms with E-state index in [-0.39, 0.29) is 23.0 Å². The van der Waals surface area contributed by atoms with Crippen LogP contribution in [-0.4, -0.2) is 6.71 Å². The van der Waals surface area contributed by atoms with Crippen LogP contribution in [-0.2, 0) is 22.7 Å². The lowest BCUT2D eigenvalue weighted by atomic mass is 9.36. The van der Waals surface area contributed by atoms with Crippen molar-refractivity contribution in [2.45, 2.75) is 117 Å². The third-order valence-corrected chi connectivity index (χ3v) is 14.8. The van der Waals surface area contributed by atoms with E-state index in [9.17, 15) is 0 Å². The van der Waals surface area contributed by atoms with E-state index in [2.05, 4.69) is 183 Å². The number of anilines is 3. The van der Waals surface area contributed by atoms with Gasteiger partial charge in [0.05, 0.1) is 5.69 Å². The molecule has 2 unspecified atom stereocenters. The molecule has 3 heterocycles.